The van der Waals surface area contributed by atoms with Crippen molar-refractivity contribution < 1.29 is 14.7 Å². The lowest BCUT2D eigenvalue weighted by atomic mass is 10.2. The SMILES string of the molecule is CCN(C(=O)NCc1cccc(Cl)c1)C(C)CC(=O)O. The first kappa shape index (κ1) is 16.3. The number of carboxylic acid groups (broad SMARTS) is 1. The fourth-order valence-corrected chi connectivity index (χ4v) is 2.16. The van der Waals surface area contributed by atoms with Gasteiger partial charge >= 0.3 is 12.0 Å². The number of halogens is 1. The number of hydrogen-bond acceptors (Lipinski definition) is 2. The van der Waals surface area contributed by atoms with E-state index in [2.05, 4.69) is 5.32 Å². The second-order valence-electron chi connectivity index (χ2n) is 4.52. The topological polar surface area (TPSA) is 69.6 Å². The average molecular weight is 299 g/mol. The number of rotatable bonds is 6. The zero-order valence-corrected chi connectivity index (χ0v) is 12.4. The first-order valence-corrected chi connectivity index (χ1v) is 6.82. The van der Waals surface area contributed by atoms with Crippen LogP contribution in [0.3, 0.4) is 0 Å². The number of aliphatic carboxylic acids is 1. The largest absolute Gasteiger partial charge is 0.481 e. The molecule has 1 rings (SSSR count). The normalized spacial score (nSPS) is 11.8. The Balaban J connectivity index is 2.57. The van der Waals surface area contributed by atoms with Crippen LogP contribution in [0, 0.1) is 0 Å². The van der Waals surface area contributed by atoms with E-state index >= 15 is 0 Å². The lowest BCUT2D eigenvalue weighted by molar-refractivity contribution is -0.138. The van der Waals surface area contributed by atoms with Gasteiger partial charge in [-0.05, 0) is 31.5 Å². The third-order valence-electron chi connectivity index (χ3n) is 2.94. The van der Waals surface area contributed by atoms with E-state index in [0.717, 1.165) is 5.56 Å². The number of carbonyl (C=O) groups is 2. The highest BCUT2D eigenvalue weighted by atomic mass is 35.5. The average Bonchev–Trinajstić information content (AvgIpc) is 2.36. The Hall–Kier alpha value is -1.75. The number of carbonyl (C=O) groups excluding carboxylic acids is 1. The van der Waals surface area contributed by atoms with Gasteiger partial charge < -0.3 is 15.3 Å². The molecule has 0 radical (unpaired) electrons. The minimum absolute atomic E-state index is 0.0710. The Labute approximate surface area is 123 Å². The quantitative estimate of drug-likeness (QED) is 0.848. The van der Waals surface area contributed by atoms with Crippen LogP contribution in [0.5, 0.6) is 0 Å². The van der Waals surface area contributed by atoms with E-state index in [0.29, 0.717) is 18.1 Å². The second-order valence-corrected chi connectivity index (χ2v) is 4.96. The number of nitrogens with zero attached hydrogens (tertiary/aromatic N) is 1. The van der Waals surface area contributed by atoms with Crippen molar-refractivity contribution in [2.45, 2.75) is 32.9 Å². The van der Waals surface area contributed by atoms with Crippen LogP contribution in [-0.2, 0) is 11.3 Å². The third kappa shape index (κ3) is 5.09. The lowest BCUT2D eigenvalue weighted by Crippen LogP contribution is -2.45. The van der Waals surface area contributed by atoms with E-state index in [-0.39, 0.29) is 18.5 Å². The van der Waals surface area contributed by atoms with Gasteiger partial charge in [0.05, 0.1) is 6.42 Å². The highest BCUT2D eigenvalue weighted by Gasteiger charge is 2.20. The molecule has 1 atom stereocenters. The zero-order valence-electron chi connectivity index (χ0n) is 11.6. The molecule has 1 unspecified atom stereocenters. The van der Waals surface area contributed by atoms with Crippen molar-refractivity contribution in [3.05, 3.63) is 34.9 Å². The number of carboxylic acids is 1. The summed E-state index contributed by atoms with van der Waals surface area (Å²) >= 11 is 5.87. The summed E-state index contributed by atoms with van der Waals surface area (Å²) in [5, 5.41) is 12.2. The Morgan fingerprint density at radius 3 is 2.70 bits per heavy atom. The van der Waals surface area contributed by atoms with Gasteiger partial charge in [0.1, 0.15) is 0 Å². The molecule has 2 amide bonds. The predicted molar refractivity (Wildman–Crippen MR) is 77.8 cm³/mol. The number of nitrogens with one attached hydrogen (secondary N) is 1. The molecule has 0 aliphatic heterocycles. The van der Waals surface area contributed by atoms with Gasteiger partial charge in [-0.25, -0.2) is 4.79 Å². The molecule has 0 saturated carbocycles. The summed E-state index contributed by atoms with van der Waals surface area (Å²) in [5.41, 5.74) is 0.896. The summed E-state index contributed by atoms with van der Waals surface area (Å²) in [7, 11) is 0. The van der Waals surface area contributed by atoms with Crippen molar-refractivity contribution in [3.8, 4) is 0 Å². The molecule has 0 aliphatic carbocycles. The van der Waals surface area contributed by atoms with Crippen LogP contribution >= 0.6 is 11.6 Å². The Morgan fingerprint density at radius 1 is 1.45 bits per heavy atom. The number of urea groups is 1. The van der Waals surface area contributed by atoms with Crippen molar-refractivity contribution >= 4 is 23.6 Å². The smallest absolute Gasteiger partial charge is 0.317 e. The Kier molecular flexibility index (Phi) is 6.31. The molecular formula is C14H19ClN2O3. The van der Waals surface area contributed by atoms with Gasteiger partial charge in [-0.15, -0.1) is 0 Å². The molecule has 1 aromatic carbocycles. The maximum Gasteiger partial charge on any atom is 0.317 e. The number of benzene rings is 1. The third-order valence-corrected chi connectivity index (χ3v) is 3.17. The highest BCUT2D eigenvalue weighted by Crippen LogP contribution is 2.11. The summed E-state index contributed by atoms with van der Waals surface area (Å²) in [6.45, 7) is 4.35. The molecule has 110 valence electrons. The molecule has 0 aromatic heterocycles. The molecule has 0 fully saturated rings. The van der Waals surface area contributed by atoms with Crippen LogP contribution in [0.15, 0.2) is 24.3 Å². The summed E-state index contributed by atoms with van der Waals surface area (Å²) in [6.07, 6.45) is -0.0710. The molecule has 0 spiro atoms. The van der Waals surface area contributed by atoms with Crippen molar-refractivity contribution in [1.29, 1.82) is 0 Å². The molecule has 20 heavy (non-hydrogen) atoms. The molecule has 0 bridgehead atoms. The molecule has 0 aliphatic rings. The first-order chi connectivity index (χ1) is 9.43. The zero-order chi connectivity index (χ0) is 15.1. The monoisotopic (exact) mass is 298 g/mol. The molecule has 6 heteroatoms. The minimum atomic E-state index is -0.918. The van der Waals surface area contributed by atoms with Gasteiger partial charge in [-0.2, -0.15) is 0 Å². The van der Waals surface area contributed by atoms with Crippen LogP contribution in [0.4, 0.5) is 4.79 Å². The lowest BCUT2D eigenvalue weighted by Gasteiger charge is -2.27. The van der Waals surface area contributed by atoms with Crippen molar-refractivity contribution in [2.24, 2.45) is 0 Å². The van der Waals surface area contributed by atoms with Gasteiger partial charge in [-0.1, -0.05) is 23.7 Å². The van der Waals surface area contributed by atoms with E-state index < -0.39 is 5.97 Å². The minimum Gasteiger partial charge on any atom is -0.481 e. The fourth-order valence-electron chi connectivity index (χ4n) is 1.94. The van der Waals surface area contributed by atoms with E-state index in [1.54, 1.807) is 19.1 Å². The van der Waals surface area contributed by atoms with E-state index in [1.165, 1.54) is 4.90 Å². The molecule has 0 heterocycles. The predicted octanol–water partition coefficient (Wildman–Crippen LogP) is 2.73. The van der Waals surface area contributed by atoms with E-state index in [1.807, 2.05) is 19.1 Å². The number of amides is 2. The van der Waals surface area contributed by atoms with Crippen molar-refractivity contribution in [2.75, 3.05) is 6.54 Å². The van der Waals surface area contributed by atoms with E-state index in [9.17, 15) is 9.59 Å². The molecule has 0 saturated heterocycles. The fraction of sp³-hybridized carbons (Fsp3) is 0.429. The highest BCUT2D eigenvalue weighted by molar-refractivity contribution is 6.30. The summed E-state index contributed by atoms with van der Waals surface area (Å²) in [6, 6.07) is 6.59. The Morgan fingerprint density at radius 2 is 2.15 bits per heavy atom. The standard InChI is InChI=1S/C14H19ClN2O3/c1-3-17(10(2)7-13(18)19)14(20)16-9-11-5-4-6-12(15)8-11/h4-6,8,10H,3,7,9H2,1-2H3,(H,16,20)(H,18,19). The van der Waals surface area contributed by atoms with Gasteiger partial charge in [0.25, 0.3) is 0 Å². The van der Waals surface area contributed by atoms with Crippen molar-refractivity contribution in [1.82, 2.24) is 10.2 Å². The van der Waals surface area contributed by atoms with Gasteiger partial charge in [0, 0.05) is 24.2 Å². The van der Waals surface area contributed by atoms with Crippen LogP contribution in [0.2, 0.25) is 5.02 Å². The van der Waals surface area contributed by atoms with Gasteiger partial charge in [0.15, 0.2) is 0 Å². The first-order valence-electron chi connectivity index (χ1n) is 6.44. The van der Waals surface area contributed by atoms with Crippen LogP contribution in [-0.4, -0.2) is 34.6 Å². The molecule has 1 aromatic rings. The second kappa shape index (κ2) is 7.75. The maximum absolute atomic E-state index is 12.0. The molecule has 2 N–H and O–H groups in total. The van der Waals surface area contributed by atoms with Crippen molar-refractivity contribution in [3.63, 3.8) is 0 Å². The summed E-state index contributed by atoms with van der Waals surface area (Å²) in [5.74, 6) is -0.918. The van der Waals surface area contributed by atoms with Crippen LogP contribution in [0.25, 0.3) is 0 Å². The van der Waals surface area contributed by atoms with Crippen LogP contribution in [0.1, 0.15) is 25.8 Å². The Bertz CT molecular complexity index is 479. The summed E-state index contributed by atoms with van der Waals surface area (Å²) in [4.78, 5) is 24.2. The number of hydrogen-bond donors (Lipinski definition) is 2. The van der Waals surface area contributed by atoms with Gasteiger partial charge in [0.2, 0.25) is 0 Å². The molecular weight excluding hydrogens is 280 g/mol. The van der Waals surface area contributed by atoms with Crippen LogP contribution < -0.4 is 5.32 Å². The van der Waals surface area contributed by atoms with E-state index in [4.69, 9.17) is 16.7 Å². The van der Waals surface area contributed by atoms with Gasteiger partial charge in [-0.3, -0.25) is 4.79 Å². The maximum atomic E-state index is 12.0. The molecule has 5 nitrogen and oxygen atoms in total. The summed E-state index contributed by atoms with van der Waals surface area (Å²) < 4.78 is 0.